The van der Waals surface area contributed by atoms with Crippen molar-refractivity contribution in [3.05, 3.63) is 28.2 Å². The summed E-state index contributed by atoms with van der Waals surface area (Å²) in [7, 11) is 1.53. The van der Waals surface area contributed by atoms with Crippen LogP contribution in [-0.2, 0) is 4.79 Å². The summed E-state index contributed by atoms with van der Waals surface area (Å²) in [5.74, 6) is -1.05. The minimum Gasteiger partial charge on any atom is -0.497 e. The Kier molecular flexibility index (Phi) is 4.65. The zero-order chi connectivity index (χ0) is 14.7. The number of ether oxygens (including phenoxy) is 1. The summed E-state index contributed by atoms with van der Waals surface area (Å²) in [5, 5.41) is 11.9. The van der Waals surface area contributed by atoms with E-state index >= 15 is 0 Å². The summed E-state index contributed by atoms with van der Waals surface area (Å²) in [6.07, 6.45) is 2.13. The first-order valence-electron chi connectivity index (χ1n) is 6.40. The van der Waals surface area contributed by atoms with Crippen LogP contribution in [0.3, 0.4) is 0 Å². The molecule has 1 aromatic carbocycles. The summed E-state index contributed by atoms with van der Waals surface area (Å²) >= 11 is 3.32. The maximum atomic E-state index is 12.3. The summed E-state index contributed by atoms with van der Waals surface area (Å²) in [4.78, 5) is 23.4. The first-order chi connectivity index (χ1) is 9.52. The largest absolute Gasteiger partial charge is 0.497 e. The maximum Gasteiger partial charge on any atom is 0.308 e. The highest BCUT2D eigenvalue weighted by Gasteiger charge is 2.34. The van der Waals surface area contributed by atoms with Gasteiger partial charge in [0.05, 0.1) is 18.6 Å². The maximum absolute atomic E-state index is 12.3. The molecule has 2 rings (SSSR count). The van der Waals surface area contributed by atoms with Crippen molar-refractivity contribution in [2.45, 2.75) is 25.3 Å². The van der Waals surface area contributed by atoms with Gasteiger partial charge < -0.3 is 15.2 Å². The van der Waals surface area contributed by atoms with E-state index in [0.717, 1.165) is 6.42 Å². The topological polar surface area (TPSA) is 75.6 Å². The standard InChI is InChI=1S/C14H16BrNO4/c1-20-8-5-6-11(15)10(7-8)13(17)16-12-4-2-3-9(12)14(18)19/h5-7,9,12H,2-4H2,1H3,(H,16,17)(H,18,19)/t9-,12+/m0/s1. The van der Waals surface area contributed by atoms with Gasteiger partial charge in [-0.25, -0.2) is 0 Å². The number of carboxylic acid groups (broad SMARTS) is 1. The van der Waals surface area contributed by atoms with Crippen LogP contribution < -0.4 is 10.1 Å². The van der Waals surface area contributed by atoms with E-state index in [9.17, 15) is 9.59 Å². The fourth-order valence-electron chi connectivity index (χ4n) is 2.48. The van der Waals surface area contributed by atoms with Gasteiger partial charge in [0.2, 0.25) is 0 Å². The second kappa shape index (κ2) is 6.26. The number of methoxy groups -OCH3 is 1. The number of hydrogen-bond acceptors (Lipinski definition) is 3. The van der Waals surface area contributed by atoms with Gasteiger partial charge in [-0.3, -0.25) is 9.59 Å². The molecule has 6 heteroatoms. The molecule has 2 atom stereocenters. The van der Waals surface area contributed by atoms with Gasteiger partial charge in [-0.15, -0.1) is 0 Å². The van der Waals surface area contributed by atoms with Gasteiger partial charge in [0, 0.05) is 10.5 Å². The summed E-state index contributed by atoms with van der Waals surface area (Å²) < 4.78 is 5.75. The van der Waals surface area contributed by atoms with Crippen molar-refractivity contribution < 1.29 is 19.4 Å². The summed E-state index contributed by atoms with van der Waals surface area (Å²) in [6, 6.07) is 4.80. The van der Waals surface area contributed by atoms with Crippen molar-refractivity contribution in [3.8, 4) is 5.75 Å². The van der Waals surface area contributed by atoms with Crippen LogP contribution in [0.2, 0.25) is 0 Å². The van der Waals surface area contributed by atoms with E-state index in [1.54, 1.807) is 18.2 Å². The van der Waals surface area contributed by atoms with E-state index in [2.05, 4.69) is 21.2 Å². The molecule has 1 saturated carbocycles. The number of carboxylic acids is 1. The van der Waals surface area contributed by atoms with Crippen molar-refractivity contribution in [2.75, 3.05) is 7.11 Å². The van der Waals surface area contributed by atoms with E-state index in [1.807, 2.05) is 0 Å². The van der Waals surface area contributed by atoms with E-state index < -0.39 is 11.9 Å². The van der Waals surface area contributed by atoms with Crippen LogP contribution >= 0.6 is 15.9 Å². The molecule has 0 aliphatic heterocycles. The molecule has 0 aromatic heterocycles. The number of carbonyl (C=O) groups excluding carboxylic acids is 1. The molecule has 0 bridgehead atoms. The third-order valence-corrected chi connectivity index (χ3v) is 4.26. The Labute approximate surface area is 125 Å². The van der Waals surface area contributed by atoms with Gasteiger partial charge >= 0.3 is 5.97 Å². The smallest absolute Gasteiger partial charge is 0.308 e. The van der Waals surface area contributed by atoms with Gasteiger partial charge in [0.1, 0.15) is 5.75 Å². The van der Waals surface area contributed by atoms with Crippen LogP contribution in [0.4, 0.5) is 0 Å². The quantitative estimate of drug-likeness (QED) is 0.881. The third kappa shape index (κ3) is 3.12. The number of rotatable bonds is 4. The number of hydrogen-bond donors (Lipinski definition) is 2. The lowest BCUT2D eigenvalue weighted by atomic mass is 10.0. The molecule has 0 saturated heterocycles. The second-order valence-electron chi connectivity index (χ2n) is 4.80. The molecule has 1 fully saturated rings. The van der Waals surface area contributed by atoms with Crippen molar-refractivity contribution in [2.24, 2.45) is 5.92 Å². The molecule has 0 unspecified atom stereocenters. The van der Waals surface area contributed by atoms with Gasteiger partial charge in [-0.2, -0.15) is 0 Å². The van der Waals surface area contributed by atoms with Crippen molar-refractivity contribution in [1.29, 1.82) is 0 Å². The highest BCUT2D eigenvalue weighted by Crippen LogP contribution is 2.27. The minimum atomic E-state index is -0.850. The number of amides is 1. The molecule has 1 aliphatic carbocycles. The molecule has 1 amide bonds. The molecule has 1 aliphatic rings. The van der Waals surface area contributed by atoms with Crippen LogP contribution in [0.1, 0.15) is 29.6 Å². The molecule has 2 N–H and O–H groups in total. The zero-order valence-corrected chi connectivity index (χ0v) is 12.6. The molecule has 5 nitrogen and oxygen atoms in total. The first-order valence-corrected chi connectivity index (χ1v) is 7.19. The molecular weight excluding hydrogens is 326 g/mol. The number of carbonyl (C=O) groups is 2. The number of benzene rings is 1. The van der Waals surface area contributed by atoms with E-state index in [4.69, 9.17) is 9.84 Å². The Bertz CT molecular complexity index is 532. The molecule has 0 radical (unpaired) electrons. The molecule has 20 heavy (non-hydrogen) atoms. The molecule has 0 heterocycles. The monoisotopic (exact) mass is 341 g/mol. The highest BCUT2D eigenvalue weighted by molar-refractivity contribution is 9.10. The average molecular weight is 342 g/mol. The van der Waals surface area contributed by atoms with Crippen LogP contribution in [0.5, 0.6) is 5.75 Å². The van der Waals surface area contributed by atoms with Crippen LogP contribution in [-0.4, -0.2) is 30.1 Å². The Morgan fingerprint density at radius 1 is 1.40 bits per heavy atom. The van der Waals surface area contributed by atoms with Crippen molar-refractivity contribution in [1.82, 2.24) is 5.32 Å². The van der Waals surface area contributed by atoms with Gasteiger partial charge in [0.15, 0.2) is 0 Å². The van der Waals surface area contributed by atoms with Crippen LogP contribution in [0.15, 0.2) is 22.7 Å². The minimum absolute atomic E-state index is 0.283. The Balaban J connectivity index is 2.14. The number of aliphatic carboxylic acids is 1. The zero-order valence-electron chi connectivity index (χ0n) is 11.1. The molecule has 1 aromatic rings. The summed E-state index contributed by atoms with van der Waals surface area (Å²) in [5.41, 5.74) is 0.445. The molecule has 108 valence electrons. The predicted octanol–water partition coefficient (Wildman–Crippen LogP) is 2.44. The lowest BCUT2D eigenvalue weighted by Gasteiger charge is -2.18. The molecular formula is C14H16BrNO4. The van der Waals surface area contributed by atoms with Gasteiger partial charge in [0.25, 0.3) is 5.91 Å². The highest BCUT2D eigenvalue weighted by atomic mass is 79.9. The first kappa shape index (κ1) is 14.8. The van der Waals surface area contributed by atoms with Crippen molar-refractivity contribution >= 4 is 27.8 Å². The Hall–Kier alpha value is -1.56. The third-order valence-electron chi connectivity index (χ3n) is 3.57. The van der Waals surface area contributed by atoms with Crippen LogP contribution in [0, 0.1) is 5.92 Å². The normalized spacial score (nSPS) is 21.5. The molecule has 0 spiro atoms. The predicted molar refractivity (Wildman–Crippen MR) is 76.9 cm³/mol. The second-order valence-corrected chi connectivity index (χ2v) is 5.66. The van der Waals surface area contributed by atoms with Crippen molar-refractivity contribution in [3.63, 3.8) is 0 Å². The SMILES string of the molecule is COc1ccc(Br)c(C(=O)N[C@@H]2CCC[C@@H]2C(=O)O)c1. The summed E-state index contributed by atoms with van der Waals surface area (Å²) in [6.45, 7) is 0. The van der Waals surface area contributed by atoms with E-state index in [1.165, 1.54) is 7.11 Å². The number of nitrogens with one attached hydrogen (secondary N) is 1. The van der Waals surface area contributed by atoms with Gasteiger partial charge in [-0.05, 0) is 47.0 Å². The lowest BCUT2D eigenvalue weighted by Crippen LogP contribution is -2.40. The Morgan fingerprint density at radius 2 is 2.15 bits per heavy atom. The van der Waals surface area contributed by atoms with E-state index in [0.29, 0.717) is 28.6 Å². The fraction of sp³-hybridized carbons (Fsp3) is 0.429. The Morgan fingerprint density at radius 3 is 2.80 bits per heavy atom. The lowest BCUT2D eigenvalue weighted by molar-refractivity contribution is -0.142. The van der Waals surface area contributed by atoms with E-state index in [-0.39, 0.29) is 11.9 Å². The van der Waals surface area contributed by atoms with Crippen LogP contribution in [0.25, 0.3) is 0 Å². The van der Waals surface area contributed by atoms with Gasteiger partial charge in [-0.1, -0.05) is 6.42 Å². The average Bonchev–Trinajstić information content (AvgIpc) is 2.87. The fourth-order valence-corrected chi connectivity index (χ4v) is 2.91. The number of halogens is 1.